The molecule has 2 fully saturated rings. The molecule has 0 N–H and O–H groups in total. The molecule has 0 bridgehead atoms. The van der Waals surface area contributed by atoms with Crippen LogP contribution in [0.5, 0.6) is 0 Å². The maximum Gasteiger partial charge on any atom is 0.211 e. The van der Waals surface area contributed by atoms with Crippen molar-refractivity contribution in [2.75, 3.05) is 32.4 Å². The zero-order valence-corrected chi connectivity index (χ0v) is 12.1. The normalized spacial score (nSPS) is 24.5. The van der Waals surface area contributed by atoms with Crippen molar-refractivity contribution in [2.45, 2.75) is 13.0 Å². The lowest BCUT2D eigenvalue weighted by Gasteiger charge is -2.48. The molecule has 0 amide bonds. The van der Waals surface area contributed by atoms with Crippen LogP contribution in [0, 0.1) is 5.41 Å². The molecule has 0 unspecified atom stereocenters. The maximum absolute atomic E-state index is 11.5. The van der Waals surface area contributed by atoms with Crippen LogP contribution in [0.1, 0.15) is 11.3 Å². The first-order valence-electron chi connectivity index (χ1n) is 6.17. The minimum absolute atomic E-state index is 0.236. The van der Waals surface area contributed by atoms with Crippen LogP contribution in [0.15, 0.2) is 17.5 Å². The van der Waals surface area contributed by atoms with E-state index in [9.17, 15) is 8.42 Å². The fourth-order valence-electron chi connectivity index (χ4n) is 3.07. The van der Waals surface area contributed by atoms with Gasteiger partial charge in [0.25, 0.3) is 0 Å². The minimum Gasteiger partial charge on any atom is -0.297 e. The second kappa shape index (κ2) is 4.30. The van der Waals surface area contributed by atoms with Crippen molar-refractivity contribution in [3.8, 4) is 0 Å². The Hall–Kier alpha value is -0.430. The summed E-state index contributed by atoms with van der Waals surface area (Å²) in [6.45, 7) is 4.50. The zero-order chi connectivity index (χ0) is 12.8. The smallest absolute Gasteiger partial charge is 0.211 e. The second-order valence-electron chi connectivity index (χ2n) is 5.57. The predicted octanol–water partition coefficient (Wildman–Crippen LogP) is 1.22. The first kappa shape index (κ1) is 12.6. The van der Waals surface area contributed by atoms with Gasteiger partial charge in [-0.25, -0.2) is 12.7 Å². The lowest BCUT2D eigenvalue weighted by Crippen LogP contribution is -2.56. The quantitative estimate of drug-likeness (QED) is 0.839. The summed E-state index contributed by atoms with van der Waals surface area (Å²) in [6, 6.07) is 4.24. The van der Waals surface area contributed by atoms with Crippen LogP contribution in [-0.4, -0.2) is 50.1 Å². The minimum atomic E-state index is -3.00. The van der Waals surface area contributed by atoms with Gasteiger partial charge in [0.2, 0.25) is 10.0 Å². The Morgan fingerprint density at radius 3 is 2.72 bits per heavy atom. The molecule has 2 saturated heterocycles. The molecule has 2 aliphatic rings. The van der Waals surface area contributed by atoms with Gasteiger partial charge in [0.1, 0.15) is 0 Å². The summed E-state index contributed by atoms with van der Waals surface area (Å²) in [4.78, 5) is 3.81. The van der Waals surface area contributed by atoms with Crippen molar-refractivity contribution < 1.29 is 8.42 Å². The van der Waals surface area contributed by atoms with E-state index in [-0.39, 0.29) is 5.41 Å². The summed E-state index contributed by atoms with van der Waals surface area (Å²) in [5, 5.41) is 2.10. The van der Waals surface area contributed by atoms with Crippen LogP contribution in [-0.2, 0) is 16.6 Å². The third-order valence-electron chi connectivity index (χ3n) is 3.95. The van der Waals surface area contributed by atoms with Crippen LogP contribution in [0.25, 0.3) is 0 Å². The van der Waals surface area contributed by atoms with E-state index in [1.165, 1.54) is 11.1 Å². The van der Waals surface area contributed by atoms with Crippen molar-refractivity contribution in [1.29, 1.82) is 0 Å². The molecule has 0 saturated carbocycles. The lowest BCUT2D eigenvalue weighted by atomic mass is 9.79. The molecule has 2 aliphatic heterocycles. The average molecular weight is 286 g/mol. The van der Waals surface area contributed by atoms with Crippen LogP contribution in [0.2, 0.25) is 0 Å². The molecule has 3 heterocycles. The van der Waals surface area contributed by atoms with Crippen molar-refractivity contribution >= 4 is 21.4 Å². The van der Waals surface area contributed by atoms with Gasteiger partial charge in [-0.2, -0.15) is 0 Å². The number of likely N-dealkylation sites (tertiary alicyclic amines) is 1. The van der Waals surface area contributed by atoms with Crippen LogP contribution in [0.4, 0.5) is 0 Å². The summed E-state index contributed by atoms with van der Waals surface area (Å²) in [7, 11) is -3.00. The van der Waals surface area contributed by atoms with Crippen molar-refractivity contribution in [3.63, 3.8) is 0 Å². The van der Waals surface area contributed by atoms with E-state index in [0.717, 1.165) is 26.1 Å². The Morgan fingerprint density at radius 2 is 2.17 bits per heavy atom. The highest BCUT2D eigenvalue weighted by molar-refractivity contribution is 7.88. The van der Waals surface area contributed by atoms with Gasteiger partial charge in [-0.15, -0.1) is 11.3 Å². The highest BCUT2D eigenvalue weighted by atomic mass is 32.2. The Kier molecular flexibility index (Phi) is 3.01. The molecule has 0 atom stereocenters. The fraction of sp³-hybridized carbons (Fsp3) is 0.667. The Labute approximate surface area is 112 Å². The van der Waals surface area contributed by atoms with E-state index in [1.807, 2.05) is 0 Å². The number of hydrogen-bond donors (Lipinski definition) is 0. The molecule has 100 valence electrons. The van der Waals surface area contributed by atoms with E-state index >= 15 is 0 Å². The Morgan fingerprint density at radius 1 is 1.39 bits per heavy atom. The van der Waals surface area contributed by atoms with Gasteiger partial charge in [-0.05, 0) is 17.9 Å². The standard InChI is InChI=1S/C12H18N2O2S2/c1-18(15,16)14-5-4-12(10-14)8-13(9-12)7-11-3-2-6-17-11/h2-3,6H,4-5,7-10H2,1H3. The molecule has 0 aliphatic carbocycles. The molecule has 18 heavy (non-hydrogen) atoms. The molecule has 1 spiro atoms. The first-order chi connectivity index (χ1) is 8.47. The molecule has 3 rings (SSSR count). The highest BCUT2D eigenvalue weighted by Crippen LogP contribution is 2.41. The monoisotopic (exact) mass is 286 g/mol. The van der Waals surface area contributed by atoms with Crippen LogP contribution in [0.3, 0.4) is 0 Å². The van der Waals surface area contributed by atoms with Gasteiger partial charge >= 0.3 is 0 Å². The van der Waals surface area contributed by atoms with E-state index in [1.54, 1.807) is 15.6 Å². The van der Waals surface area contributed by atoms with Crippen molar-refractivity contribution in [1.82, 2.24) is 9.21 Å². The molecule has 6 heteroatoms. The summed E-state index contributed by atoms with van der Waals surface area (Å²) >= 11 is 1.79. The molecule has 4 nitrogen and oxygen atoms in total. The van der Waals surface area contributed by atoms with Gasteiger partial charge in [0, 0.05) is 43.0 Å². The van der Waals surface area contributed by atoms with Gasteiger partial charge in [0.05, 0.1) is 6.26 Å². The van der Waals surface area contributed by atoms with E-state index in [0.29, 0.717) is 13.1 Å². The second-order valence-corrected chi connectivity index (χ2v) is 8.59. The molecule has 0 aromatic carbocycles. The maximum atomic E-state index is 11.5. The average Bonchev–Trinajstić information content (AvgIpc) is 2.83. The van der Waals surface area contributed by atoms with E-state index in [2.05, 4.69) is 22.4 Å². The third-order valence-corrected chi connectivity index (χ3v) is 6.06. The topological polar surface area (TPSA) is 40.6 Å². The molecule has 1 aromatic rings. The number of sulfonamides is 1. The summed E-state index contributed by atoms with van der Waals surface area (Å²) in [5.41, 5.74) is 0.236. The van der Waals surface area contributed by atoms with Gasteiger partial charge in [-0.3, -0.25) is 4.90 Å². The Balaban J connectivity index is 1.56. The van der Waals surface area contributed by atoms with Gasteiger partial charge in [0.15, 0.2) is 0 Å². The SMILES string of the molecule is CS(=O)(=O)N1CCC2(CN(Cc3cccs3)C2)C1. The highest BCUT2D eigenvalue weighted by Gasteiger charge is 2.49. The first-order valence-corrected chi connectivity index (χ1v) is 8.90. The predicted molar refractivity (Wildman–Crippen MR) is 73.1 cm³/mol. The Bertz CT molecular complexity index is 518. The van der Waals surface area contributed by atoms with Crippen molar-refractivity contribution in [3.05, 3.63) is 22.4 Å². The summed E-state index contributed by atoms with van der Waals surface area (Å²) < 4.78 is 24.7. The summed E-state index contributed by atoms with van der Waals surface area (Å²) in [5.74, 6) is 0. The zero-order valence-electron chi connectivity index (χ0n) is 10.5. The van der Waals surface area contributed by atoms with Crippen molar-refractivity contribution in [2.24, 2.45) is 5.41 Å². The van der Waals surface area contributed by atoms with Gasteiger partial charge < -0.3 is 0 Å². The number of rotatable bonds is 3. The van der Waals surface area contributed by atoms with E-state index < -0.39 is 10.0 Å². The van der Waals surface area contributed by atoms with Gasteiger partial charge in [-0.1, -0.05) is 6.07 Å². The fourth-order valence-corrected chi connectivity index (χ4v) is 4.75. The number of nitrogens with zero attached hydrogens (tertiary/aromatic N) is 2. The number of hydrogen-bond acceptors (Lipinski definition) is 4. The van der Waals surface area contributed by atoms with Crippen LogP contribution < -0.4 is 0 Å². The molecular formula is C12H18N2O2S2. The summed E-state index contributed by atoms with van der Waals surface area (Å²) in [6.07, 6.45) is 2.33. The molecular weight excluding hydrogens is 268 g/mol. The van der Waals surface area contributed by atoms with Crippen LogP contribution >= 0.6 is 11.3 Å². The lowest BCUT2D eigenvalue weighted by molar-refractivity contribution is 0.00730. The number of thiophene rings is 1. The molecule has 0 radical (unpaired) electrons. The molecule has 1 aromatic heterocycles. The largest absolute Gasteiger partial charge is 0.297 e. The van der Waals surface area contributed by atoms with E-state index in [4.69, 9.17) is 0 Å². The third kappa shape index (κ3) is 2.34.